The molecular formula is C20H19Cl2I2N3O3. The second kappa shape index (κ2) is 11.8. The Morgan fingerprint density at radius 1 is 1.20 bits per heavy atom. The van der Waals surface area contributed by atoms with E-state index < -0.39 is 0 Å². The lowest BCUT2D eigenvalue weighted by Gasteiger charge is -2.25. The summed E-state index contributed by atoms with van der Waals surface area (Å²) in [5.74, 6) is 0.632. The number of amides is 1. The normalized spacial score (nSPS) is 14.8. The van der Waals surface area contributed by atoms with Crippen molar-refractivity contribution in [2.45, 2.75) is 6.61 Å². The molecule has 3 rings (SSSR count). The molecule has 1 saturated heterocycles. The Hall–Kier alpha value is -0.660. The smallest absolute Gasteiger partial charge is 0.254 e. The summed E-state index contributed by atoms with van der Waals surface area (Å²) in [5, 5.41) is 5.24. The fourth-order valence-corrected chi connectivity index (χ4v) is 5.35. The van der Waals surface area contributed by atoms with Crippen molar-refractivity contribution < 1.29 is 14.3 Å². The number of morpholine rings is 1. The van der Waals surface area contributed by atoms with Gasteiger partial charge in [0.1, 0.15) is 12.4 Å². The highest BCUT2D eigenvalue weighted by atomic mass is 127. The zero-order valence-electron chi connectivity index (χ0n) is 15.8. The van der Waals surface area contributed by atoms with Gasteiger partial charge in [0.2, 0.25) is 0 Å². The van der Waals surface area contributed by atoms with Crippen LogP contribution in [0.25, 0.3) is 0 Å². The van der Waals surface area contributed by atoms with Crippen molar-refractivity contribution in [3.8, 4) is 5.75 Å². The first kappa shape index (κ1) is 24.0. The van der Waals surface area contributed by atoms with Crippen LogP contribution in [0.4, 0.5) is 0 Å². The van der Waals surface area contributed by atoms with Crippen molar-refractivity contribution >= 4 is 80.5 Å². The van der Waals surface area contributed by atoms with E-state index in [-0.39, 0.29) is 5.91 Å². The number of hydrogen-bond donors (Lipinski definition) is 1. The molecule has 0 aromatic heterocycles. The Balaban J connectivity index is 1.56. The average Bonchev–Trinajstić information content (AvgIpc) is 2.69. The lowest BCUT2D eigenvalue weighted by molar-refractivity contribution is -0.123. The van der Waals surface area contributed by atoms with E-state index in [1.165, 1.54) is 0 Å². The summed E-state index contributed by atoms with van der Waals surface area (Å²) in [7, 11) is 0. The summed E-state index contributed by atoms with van der Waals surface area (Å²) >= 11 is 16.6. The Kier molecular flexibility index (Phi) is 9.45. The minimum absolute atomic E-state index is 0.141. The van der Waals surface area contributed by atoms with E-state index in [1.54, 1.807) is 18.3 Å². The molecule has 160 valence electrons. The molecule has 1 N–H and O–H groups in total. The van der Waals surface area contributed by atoms with Crippen molar-refractivity contribution in [3.63, 3.8) is 0 Å². The Morgan fingerprint density at radius 3 is 2.57 bits per heavy atom. The summed E-state index contributed by atoms with van der Waals surface area (Å²) in [4.78, 5) is 14.0. The minimum Gasteiger partial charge on any atom is -0.487 e. The highest BCUT2D eigenvalue weighted by Gasteiger charge is 2.14. The van der Waals surface area contributed by atoms with Crippen molar-refractivity contribution in [2.75, 3.05) is 32.8 Å². The standard InChI is InChI=1S/C20H19Cl2I2N3O3/c21-15-2-1-14(16(22)9-15)12-30-20-17(23)7-13(8-18(20)24)10-25-26-19(28)11-27-3-5-29-6-4-27/h1-2,7-10H,3-6,11-12H2,(H,26,28)/b25-10+. The van der Waals surface area contributed by atoms with Crippen LogP contribution in [0.5, 0.6) is 5.75 Å². The predicted octanol–water partition coefficient (Wildman–Crippen LogP) is 4.56. The molecule has 1 aliphatic rings. The van der Waals surface area contributed by atoms with Crippen molar-refractivity contribution in [2.24, 2.45) is 5.10 Å². The van der Waals surface area contributed by atoms with Gasteiger partial charge in [-0.25, -0.2) is 5.43 Å². The van der Waals surface area contributed by atoms with Crippen LogP contribution in [0.2, 0.25) is 10.0 Å². The molecule has 1 amide bonds. The van der Waals surface area contributed by atoms with E-state index in [9.17, 15) is 4.79 Å². The van der Waals surface area contributed by atoms with Crippen molar-refractivity contribution in [1.29, 1.82) is 0 Å². The van der Waals surface area contributed by atoms with Gasteiger partial charge in [0.25, 0.3) is 5.91 Å². The first-order valence-corrected chi connectivity index (χ1v) is 12.0. The van der Waals surface area contributed by atoms with Crippen LogP contribution in [-0.2, 0) is 16.1 Å². The monoisotopic (exact) mass is 673 g/mol. The second-order valence-corrected chi connectivity index (χ2v) is 9.69. The number of rotatable bonds is 7. The maximum atomic E-state index is 12.0. The van der Waals surface area contributed by atoms with Gasteiger partial charge in [-0.2, -0.15) is 5.10 Å². The summed E-state index contributed by atoms with van der Waals surface area (Å²) in [6.45, 7) is 3.49. The van der Waals surface area contributed by atoms with E-state index in [2.05, 4.69) is 55.7 Å². The van der Waals surface area contributed by atoms with Crippen LogP contribution >= 0.6 is 68.4 Å². The highest BCUT2D eigenvalue weighted by molar-refractivity contribution is 14.1. The Bertz CT molecular complexity index is 915. The van der Waals surface area contributed by atoms with Gasteiger partial charge in [-0.1, -0.05) is 29.3 Å². The van der Waals surface area contributed by atoms with Crippen LogP contribution in [0, 0.1) is 7.14 Å². The van der Waals surface area contributed by atoms with Gasteiger partial charge in [-0.05, 0) is 75.0 Å². The molecule has 0 aliphatic carbocycles. The number of ether oxygens (including phenoxy) is 2. The zero-order valence-corrected chi connectivity index (χ0v) is 21.7. The summed E-state index contributed by atoms with van der Waals surface area (Å²) in [6.07, 6.45) is 1.63. The van der Waals surface area contributed by atoms with E-state index in [1.807, 2.05) is 23.1 Å². The fourth-order valence-electron chi connectivity index (χ4n) is 2.76. The van der Waals surface area contributed by atoms with Gasteiger partial charge in [-0.15, -0.1) is 0 Å². The SMILES string of the molecule is O=C(CN1CCOCC1)N/N=C/c1cc(I)c(OCc2ccc(Cl)cc2Cl)c(I)c1. The first-order valence-electron chi connectivity index (χ1n) is 9.10. The number of hydrogen-bond acceptors (Lipinski definition) is 5. The predicted molar refractivity (Wildman–Crippen MR) is 136 cm³/mol. The van der Waals surface area contributed by atoms with Gasteiger partial charge in [0, 0.05) is 28.7 Å². The van der Waals surface area contributed by atoms with Crippen LogP contribution < -0.4 is 10.2 Å². The zero-order chi connectivity index (χ0) is 21.5. The minimum atomic E-state index is -0.141. The second-order valence-electron chi connectivity index (χ2n) is 6.52. The van der Waals surface area contributed by atoms with Gasteiger partial charge < -0.3 is 9.47 Å². The molecule has 30 heavy (non-hydrogen) atoms. The highest BCUT2D eigenvalue weighted by Crippen LogP contribution is 2.30. The van der Waals surface area contributed by atoms with Gasteiger partial charge in [-0.3, -0.25) is 9.69 Å². The molecule has 2 aromatic rings. The average molecular weight is 674 g/mol. The number of nitrogens with one attached hydrogen (secondary N) is 1. The third-order valence-electron chi connectivity index (χ3n) is 4.28. The molecule has 10 heteroatoms. The van der Waals surface area contributed by atoms with Gasteiger partial charge in [0.05, 0.1) is 33.1 Å². The summed E-state index contributed by atoms with van der Waals surface area (Å²) in [5.41, 5.74) is 4.31. The molecule has 6 nitrogen and oxygen atoms in total. The molecular weight excluding hydrogens is 655 g/mol. The molecule has 0 saturated carbocycles. The van der Waals surface area contributed by atoms with Crippen LogP contribution in [-0.4, -0.2) is 49.9 Å². The van der Waals surface area contributed by atoms with E-state index in [0.717, 1.165) is 37.1 Å². The number of benzene rings is 2. The lowest BCUT2D eigenvalue weighted by Crippen LogP contribution is -2.42. The molecule has 1 aliphatic heterocycles. The molecule has 1 fully saturated rings. The fraction of sp³-hybridized carbons (Fsp3) is 0.300. The van der Waals surface area contributed by atoms with Crippen LogP contribution in [0.3, 0.4) is 0 Å². The van der Waals surface area contributed by atoms with E-state index in [4.69, 9.17) is 32.7 Å². The molecule has 0 bridgehead atoms. The van der Waals surface area contributed by atoms with E-state index in [0.29, 0.717) is 36.4 Å². The third kappa shape index (κ3) is 7.20. The van der Waals surface area contributed by atoms with Crippen LogP contribution in [0.15, 0.2) is 35.4 Å². The lowest BCUT2D eigenvalue weighted by atomic mass is 10.2. The number of carbonyl (C=O) groups is 1. The molecule has 0 atom stereocenters. The summed E-state index contributed by atoms with van der Waals surface area (Å²) in [6, 6.07) is 9.23. The van der Waals surface area contributed by atoms with Crippen LogP contribution in [0.1, 0.15) is 11.1 Å². The van der Waals surface area contributed by atoms with Crippen molar-refractivity contribution in [1.82, 2.24) is 10.3 Å². The summed E-state index contributed by atoms with van der Waals surface area (Å²) < 4.78 is 13.1. The number of nitrogens with zero attached hydrogens (tertiary/aromatic N) is 2. The van der Waals surface area contributed by atoms with Gasteiger partial charge in [0.15, 0.2) is 0 Å². The number of halogens is 4. The molecule has 0 unspecified atom stereocenters. The molecule has 0 spiro atoms. The quantitative estimate of drug-likeness (QED) is 0.266. The Morgan fingerprint density at radius 2 is 1.90 bits per heavy atom. The first-order chi connectivity index (χ1) is 14.4. The Labute approximate surface area is 212 Å². The number of carbonyl (C=O) groups excluding carboxylic acids is 1. The molecule has 0 radical (unpaired) electrons. The molecule has 2 aromatic carbocycles. The largest absolute Gasteiger partial charge is 0.487 e. The number of hydrazone groups is 1. The van der Waals surface area contributed by atoms with E-state index >= 15 is 0 Å². The maximum Gasteiger partial charge on any atom is 0.254 e. The van der Waals surface area contributed by atoms with Crippen molar-refractivity contribution in [3.05, 3.63) is 58.6 Å². The molecule has 1 heterocycles. The maximum absolute atomic E-state index is 12.0. The third-order valence-corrected chi connectivity index (χ3v) is 6.47. The topological polar surface area (TPSA) is 63.2 Å². The van der Waals surface area contributed by atoms with Gasteiger partial charge >= 0.3 is 0 Å².